The maximum Gasteiger partial charge on any atom is 0.310 e. The highest BCUT2D eigenvalue weighted by Crippen LogP contribution is 2.75. The van der Waals surface area contributed by atoms with E-state index in [0.29, 0.717) is 17.6 Å². The number of carbonyl (C=O) groups excluding carboxylic acids is 1. The number of allylic oxidation sites excluding steroid dienone is 2. The standard InChI is InChI=1S/C30H46O3/c1-25(2)12-14-30(24(32)33)15-13-28(6)20(21(30)18-25)8-9-23-27(5)17-19(31)16-26(3,4)22(27)10-11-29(23,28)7/h8,21-23H,9-18H2,1-7H3,(H,32,33)/t21-,22-,23+,27-,28+,29+,30-/m0/s1. The summed E-state index contributed by atoms with van der Waals surface area (Å²) in [6, 6.07) is 0. The lowest BCUT2D eigenvalue weighted by Gasteiger charge is -2.70. The first kappa shape index (κ1) is 23.6. The van der Waals surface area contributed by atoms with Gasteiger partial charge in [-0.3, -0.25) is 9.59 Å². The van der Waals surface area contributed by atoms with Crippen molar-refractivity contribution in [3.63, 3.8) is 0 Å². The second kappa shape index (κ2) is 6.76. The maximum absolute atomic E-state index is 13.0. The van der Waals surface area contributed by atoms with Gasteiger partial charge in [0, 0.05) is 12.8 Å². The molecule has 0 amide bonds. The molecule has 4 fully saturated rings. The van der Waals surface area contributed by atoms with Gasteiger partial charge in [-0.15, -0.1) is 0 Å². The summed E-state index contributed by atoms with van der Waals surface area (Å²) >= 11 is 0. The van der Waals surface area contributed by atoms with Crippen LogP contribution in [0.2, 0.25) is 0 Å². The highest BCUT2D eigenvalue weighted by atomic mass is 16.4. The minimum absolute atomic E-state index is 0.0333. The lowest BCUT2D eigenvalue weighted by molar-refractivity contribution is -0.189. The third-order valence-corrected chi connectivity index (χ3v) is 12.5. The summed E-state index contributed by atoms with van der Waals surface area (Å²) in [6.45, 7) is 16.8. The summed E-state index contributed by atoms with van der Waals surface area (Å²) < 4.78 is 0. The van der Waals surface area contributed by atoms with Crippen LogP contribution in [0.3, 0.4) is 0 Å². The molecule has 5 aliphatic carbocycles. The molecule has 0 aromatic carbocycles. The van der Waals surface area contributed by atoms with Gasteiger partial charge in [0.1, 0.15) is 5.78 Å². The lowest BCUT2D eigenvalue weighted by atomic mass is 9.33. The SMILES string of the molecule is CC1(C)CC[C@]2(C(=O)O)CC[C@]3(C)C(=CC[C@@H]4[C@@]5(C)CC(=O)CC(C)(C)[C@@H]5CC[C@]43C)[C@@H]2C1. The Labute approximate surface area is 201 Å². The van der Waals surface area contributed by atoms with Crippen LogP contribution in [0, 0.1) is 50.2 Å². The van der Waals surface area contributed by atoms with E-state index in [1.165, 1.54) is 18.4 Å². The number of aliphatic carboxylic acids is 1. The van der Waals surface area contributed by atoms with Crippen molar-refractivity contribution in [2.24, 2.45) is 50.2 Å². The van der Waals surface area contributed by atoms with E-state index in [4.69, 9.17) is 0 Å². The molecule has 184 valence electrons. The molecule has 3 nitrogen and oxygen atoms in total. The predicted molar refractivity (Wildman–Crippen MR) is 132 cm³/mol. The quantitative estimate of drug-likeness (QED) is 0.419. The van der Waals surface area contributed by atoms with E-state index in [9.17, 15) is 14.7 Å². The van der Waals surface area contributed by atoms with E-state index >= 15 is 0 Å². The van der Waals surface area contributed by atoms with Crippen LogP contribution >= 0.6 is 0 Å². The third-order valence-electron chi connectivity index (χ3n) is 12.5. The molecule has 5 rings (SSSR count). The highest BCUT2D eigenvalue weighted by molar-refractivity contribution is 5.81. The Balaban J connectivity index is 1.62. The van der Waals surface area contributed by atoms with Crippen molar-refractivity contribution in [1.29, 1.82) is 0 Å². The van der Waals surface area contributed by atoms with E-state index < -0.39 is 11.4 Å². The molecule has 33 heavy (non-hydrogen) atoms. The largest absolute Gasteiger partial charge is 0.481 e. The van der Waals surface area contributed by atoms with E-state index in [0.717, 1.165) is 51.4 Å². The number of hydrogen-bond donors (Lipinski definition) is 1. The summed E-state index contributed by atoms with van der Waals surface area (Å²) in [4.78, 5) is 25.7. The van der Waals surface area contributed by atoms with E-state index in [1.54, 1.807) is 0 Å². The summed E-state index contributed by atoms with van der Waals surface area (Å²) in [7, 11) is 0. The van der Waals surface area contributed by atoms with Gasteiger partial charge >= 0.3 is 5.97 Å². The minimum Gasteiger partial charge on any atom is -0.481 e. The van der Waals surface area contributed by atoms with Crippen LogP contribution in [0.1, 0.15) is 113 Å². The predicted octanol–water partition coefficient (Wildman–Crippen LogP) is 7.44. The number of carboxylic acid groups (broad SMARTS) is 1. The first-order valence-electron chi connectivity index (χ1n) is 13.6. The first-order chi connectivity index (χ1) is 15.1. The fourth-order valence-corrected chi connectivity index (χ4v) is 10.6. The summed E-state index contributed by atoms with van der Waals surface area (Å²) in [5, 5.41) is 10.5. The zero-order valence-corrected chi connectivity index (χ0v) is 22.1. The third kappa shape index (κ3) is 2.92. The minimum atomic E-state index is -0.575. The molecule has 0 unspecified atom stereocenters. The van der Waals surface area contributed by atoms with Crippen molar-refractivity contribution in [2.45, 2.75) is 113 Å². The number of rotatable bonds is 1. The number of Topliss-reactive ketones (excluding diaryl/α,β-unsaturated/α-hetero) is 1. The Morgan fingerprint density at radius 2 is 1.58 bits per heavy atom. The molecule has 0 radical (unpaired) electrons. The molecule has 1 N–H and O–H groups in total. The second-order valence-electron chi connectivity index (χ2n) is 15.1. The highest BCUT2D eigenvalue weighted by Gasteiger charge is 2.69. The van der Waals surface area contributed by atoms with Crippen molar-refractivity contribution in [1.82, 2.24) is 0 Å². The van der Waals surface area contributed by atoms with Gasteiger partial charge in [0.25, 0.3) is 0 Å². The van der Waals surface area contributed by atoms with Crippen LogP contribution in [0.15, 0.2) is 11.6 Å². The smallest absolute Gasteiger partial charge is 0.310 e. The van der Waals surface area contributed by atoms with Crippen LogP contribution < -0.4 is 0 Å². The number of hydrogen-bond acceptors (Lipinski definition) is 2. The molecule has 3 heteroatoms. The molecular weight excluding hydrogens is 408 g/mol. The Bertz CT molecular complexity index is 927. The molecular formula is C30H46O3. The average Bonchev–Trinajstić information content (AvgIpc) is 2.66. The number of fused-ring (bicyclic) bond motifs is 7. The molecule has 0 aromatic rings. The van der Waals surface area contributed by atoms with Crippen molar-refractivity contribution in [3.05, 3.63) is 11.6 Å². The molecule has 0 heterocycles. The zero-order valence-electron chi connectivity index (χ0n) is 22.1. The zero-order chi connectivity index (χ0) is 24.2. The van der Waals surface area contributed by atoms with Gasteiger partial charge in [-0.2, -0.15) is 0 Å². The van der Waals surface area contributed by atoms with Gasteiger partial charge < -0.3 is 5.11 Å². The first-order valence-corrected chi connectivity index (χ1v) is 13.6. The Kier molecular flexibility index (Phi) is 4.83. The van der Waals surface area contributed by atoms with Gasteiger partial charge in [0.2, 0.25) is 0 Å². The Morgan fingerprint density at radius 3 is 2.24 bits per heavy atom. The normalized spacial score (nSPS) is 50.2. The van der Waals surface area contributed by atoms with E-state index in [1.807, 2.05) is 0 Å². The van der Waals surface area contributed by atoms with Gasteiger partial charge in [-0.1, -0.05) is 60.1 Å². The van der Waals surface area contributed by atoms with Crippen molar-refractivity contribution >= 4 is 11.8 Å². The summed E-state index contributed by atoms with van der Waals surface area (Å²) in [6.07, 6.45) is 12.0. The molecule has 0 saturated heterocycles. The molecule has 4 saturated carbocycles. The average molecular weight is 455 g/mol. The summed E-state index contributed by atoms with van der Waals surface area (Å²) in [5.74, 6) is 1.13. The van der Waals surface area contributed by atoms with E-state index in [2.05, 4.69) is 54.5 Å². The van der Waals surface area contributed by atoms with Crippen LogP contribution in [0.4, 0.5) is 0 Å². The van der Waals surface area contributed by atoms with Crippen LogP contribution in [0.25, 0.3) is 0 Å². The van der Waals surface area contributed by atoms with Gasteiger partial charge in [0.15, 0.2) is 0 Å². The van der Waals surface area contributed by atoms with Crippen LogP contribution in [-0.4, -0.2) is 16.9 Å². The van der Waals surface area contributed by atoms with Crippen molar-refractivity contribution in [2.75, 3.05) is 0 Å². The van der Waals surface area contributed by atoms with Gasteiger partial charge in [0.05, 0.1) is 5.41 Å². The van der Waals surface area contributed by atoms with E-state index in [-0.39, 0.29) is 33.0 Å². The Hall–Kier alpha value is -1.12. The fourth-order valence-electron chi connectivity index (χ4n) is 10.6. The van der Waals surface area contributed by atoms with Crippen LogP contribution in [0.5, 0.6) is 0 Å². The lowest BCUT2D eigenvalue weighted by Crippen LogP contribution is -2.64. The second-order valence-corrected chi connectivity index (χ2v) is 15.1. The summed E-state index contributed by atoms with van der Waals surface area (Å²) in [5.41, 5.74) is 1.39. The maximum atomic E-state index is 13.0. The molecule has 5 aliphatic rings. The molecule has 0 spiro atoms. The number of ketones is 1. The molecule has 7 atom stereocenters. The number of carbonyl (C=O) groups is 2. The van der Waals surface area contributed by atoms with Gasteiger partial charge in [-0.25, -0.2) is 0 Å². The fraction of sp³-hybridized carbons (Fsp3) is 0.867. The Morgan fingerprint density at radius 1 is 0.909 bits per heavy atom. The van der Waals surface area contributed by atoms with Crippen molar-refractivity contribution in [3.8, 4) is 0 Å². The van der Waals surface area contributed by atoms with Crippen molar-refractivity contribution < 1.29 is 14.7 Å². The molecule has 0 aliphatic heterocycles. The molecule has 0 bridgehead atoms. The van der Waals surface area contributed by atoms with Crippen LogP contribution in [-0.2, 0) is 9.59 Å². The number of carboxylic acids is 1. The topological polar surface area (TPSA) is 54.4 Å². The monoisotopic (exact) mass is 454 g/mol. The van der Waals surface area contributed by atoms with Gasteiger partial charge in [-0.05, 0) is 96.2 Å². The molecule has 0 aromatic heterocycles.